The van der Waals surface area contributed by atoms with Crippen LogP contribution in [0.4, 0.5) is 0 Å². The molecule has 0 fully saturated rings. The normalized spacial score (nSPS) is 13.8. The third-order valence-electron chi connectivity index (χ3n) is 13.6. The summed E-state index contributed by atoms with van der Waals surface area (Å²) < 4.78 is 0. The molecule has 9 aromatic rings. The van der Waals surface area contributed by atoms with Crippen molar-refractivity contribution in [2.24, 2.45) is 20.9 Å². The standard InChI is InChI=1S/C67H64N6/c1-46(71-49(4)63-44-68-65(57-33-21-11-22-34-57)41-60(63)54-27-15-8-16-28-54)37-52(38-47(2)72-50(5)64-45-69-66(58-35-23-12-24-36-58)42-61(64)55-29-17-9-18-30-55)39-48(3)73-51(6)67-62(56-31-19-10-20-32-56)40-59(43-70-67)53-25-13-7-14-26-53/h7-36,40-48,52H,37-39H2,1-6H3/b71-49-,72-50-,73-51-. The van der Waals surface area contributed by atoms with Crippen molar-refractivity contribution in [1.29, 1.82) is 0 Å². The lowest BCUT2D eigenvalue weighted by atomic mass is 9.88. The predicted octanol–water partition coefficient (Wildman–Crippen LogP) is 16.7. The van der Waals surface area contributed by atoms with Gasteiger partial charge >= 0.3 is 0 Å². The van der Waals surface area contributed by atoms with E-state index in [0.717, 1.165) is 120 Å². The molecule has 3 aromatic heterocycles. The van der Waals surface area contributed by atoms with Crippen LogP contribution >= 0.6 is 0 Å². The van der Waals surface area contributed by atoms with Crippen LogP contribution in [0.1, 0.15) is 77.6 Å². The second-order valence-corrected chi connectivity index (χ2v) is 19.3. The van der Waals surface area contributed by atoms with E-state index in [0.29, 0.717) is 0 Å². The molecule has 0 aliphatic rings. The van der Waals surface area contributed by atoms with Crippen molar-refractivity contribution in [2.75, 3.05) is 0 Å². The zero-order chi connectivity index (χ0) is 50.5. The largest absolute Gasteiger partial charge is 0.286 e. The molecular weight excluding hydrogens is 889 g/mol. The van der Waals surface area contributed by atoms with Gasteiger partial charge in [-0.2, -0.15) is 0 Å². The zero-order valence-corrected chi connectivity index (χ0v) is 42.9. The molecule has 3 atom stereocenters. The van der Waals surface area contributed by atoms with Gasteiger partial charge in [0.05, 0.1) is 22.8 Å². The van der Waals surface area contributed by atoms with E-state index in [-0.39, 0.29) is 24.0 Å². The van der Waals surface area contributed by atoms with Gasteiger partial charge in [-0.3, -0.25) is 29.9 Å². The van der Waals surface area contributed by atoms with Gasteiger partial charge < -0.3 is 0 Å². The molecule has 9 rings (SSSR count). The highest BCUT2D eigenvalue weighted by Crippen LogP contribution is 2.33. The summed E-state index contributed by atoms with van der Waals surface area (Å²) in [5.74, 6) is 0.256. The Hall–Kier alpha value is -8.22. The summed E-state index contributed by atoms with van der Waals surface area (Å²) in [4.78, 5) is 31.4. The van der Waals surface area contributed by atoms with Crippen LogP contribution in [-0.4, -0.2) is 50.2 Å². The summed E-state index contributed by atoms with van der Waals surface area (Å²) >= 11 is 0. The fraction of sp³-hybridized carbons (Fsp3) is 0.194. The minimum absolute atomic E-state index is 0.0117. The molecule has 0 radical (unpaired) electrons. The number of hydrogen-bond acceptors (Lipinski definition) is 6. The van der Waals surface area contributed by atoms with E-state index in [1.54, 1.807) is 0 Å². The molecule has 3 heterocycles. The van der Waals surface area contributed by atoms with E-state index >= 15 is 0 Å². The summed E-state index contributed by atoms with van der Waals surface area (Å²) in [5, 5.41) is 0. The van der Waals surface area contributed by atoms with Crippen molar-refractivity contribution >= 4 is 17.1 Å². The molecule has 6 nitrogen and oxygen atoms in total. The molecule has 0 saturated carbocycles. The molecule has 0 bridgehead atoms. The van der Waals surface area contributed by atoms with Crippen LogP contribution in [0.2, 0.25) is 0 Å². The number of nitrogens with zero attached hydrogens (tertiary/aromatic N) is 6. The fourth-order valence-corrected chi connectivity index (χ4v) is 10.2. The Morgan fingerprint density at radius 1 is 0.342 bits per heavy atom. The quantitative estimate of drug-likeness (QED) is 0.0804. The summed E-state index contributed by atoms with van der Waals surface area (Å²) in [5.41, 5.74) is 18.8. The second kappa shape index (κ2) is 23.8. The van der Waals surface area contributed by atoms with Crippen molar-refractivity contribution in [2.45, 2.75) is 78.9 Å². The molecule has 0 spiro atoms. The lowest BCUT2D eigenvalue weighted by Gasteiger charge is -2.24. The highest BCUT2D eigenvalue weighted by Gasteiger charge is 2.22. The molecule has 0 N–H and O–H groups in total. The number of benzene rings is 6. The van der Waals surface area contributed by atoms with Crippen molar-refractivity contribution in [3.05, 3.63) is 236 Å². The molecule has 3 unspecified atom stereocenters. The Bertz CT molecular complexity index is 2960. The zero-order valence-electron chi connectivity index (χ0n) is 42.9. The Kier molecular flexibility index (Phi) is 16.2. The van der Waals surface area contributed by atoms with E-state index in [1.807, 2.05) is 36.8 Å². The van der Waals surface area contributed by atoms with E-state index in [1.165, 1.54) is 0 Å². The first-order chi connectivity index (χ1) is 35.7. The summed E-state index contributed by atoms with van der Waals surface area (Å²) in [6, 6.07) is 69.6. The van der Waals surface area contributed by atoms with Gasteiger partial charge in [-0.1, -0.05) is 182 Å². The fourth-order valence-electron chi connectivity index (χ4n) is 10.2. The second-order valence-electron chi connectivity index (χ2n) is 19.3. The lowest BCUT2D eigenvalue weighted by molar-refractivity contribution is 0.351. The first-order valence-corrected chi connectivity index (χ1v) is 25.6. The number of rotatable bonds is 18. The maximum absolute atomic E-state index is 5.45. The van der Waals surface area contributed by atoms with Crippen molar-refractivity contribution in [3.63, 3.8) is 0 Å². The smallest absolute Gasteiger partial charge is 0.0915 e. The van der Waals surface area contributed by atoms with Gasteiger partial charge in [0.2, 0.25) is 0 Å². The first kappa shape index (κ1) is 49.7. The molecule has 73 heavy (non-hydrogen) atoms. The van der Waals surface area contributed by atoms with Crippen LogP contribution in [0.5, 0.6) is 0 Å². The van der Waals surface area contributed by atoms with E-state index < -0.39 is 0 Å². The van der Waals surface area contributed by atoms with Crippen LogP contribution in [0.3, 0.4) is 0 Å². The third kappa shape index (κ3) is 12.6. The Balaban J connectivity index is 1.03. The van der Waals surface area contributed by atoms with Gasteiger partial charge in [-0.05, 0) is 118 Å². The van der Waals surface area contributed by atoms with Gasteiger partial charge in [0.1, 0.15) is 0 Å². The maximum atomic E-state index is 5.45. The minimum Gasteiger partial charge on any atom is -0.286 e. The first-order valence-electron chi connectivity index (χ1n) is 25.6. The predicted molar refractivity (Wildman–Crippen MR) is 308 cm³/mol. The van der Waals surface area contributed by atoms with Gasteiger partial charge in [0, 0.05) is 81.5 Å². The highest BCUT2D eigenvalue weighted by molar-refractivity contribution is 6.06. The van der Waals surface area contributed by atoms with Gasteiger partial charge in [-0.15, -0.1) is 0 Å². The molecule has 0 saturated heterocycles. The van der Waals surface area contributed by atoms with E-state index in [2.05, 4.69) is 224 Å². The van der Waals surface area contributed by atoms with Crippen LogP contribution < -0.4 is 0 Å². The monoisotopic (exact) mass is 953 g/mol. The molecule has 0 amide bonds. The Morgan fingerprint density at radius 2 is 0.671 bits per heavy atom. The van der Waals surface area contributed by atoms with Crippen LogP contribution in [0.15, 0.2) is 234 Å². The van der Waals surface area contributed by atoms with Gasteiger partial charge in [-0.25, -0.2) is 0 Å². The van der Waals surface area contributed by atoms with E-state index in [4.69, 9.17) is 29.9 Å². The van der Waals surface area contributed by atoms with Gasteiger partial charge in [0.15, 0.2) is 0 Å². The molecular formula is C67H64N6. The summed E-state index contributed by atoms with van der Waals surface area (Å²) in [6.45, 7) is 13.1. The Labute approximate surface area is 432 Å². The van der Waals surface area contributed by atoms with Crippen molar-refractivity contribution in [3.8, 4) is 67.0 Å². The van der Waals surface area contributed by atoms with E-state index in [9.17, 15) is 0 Å². The topological polar surface area (TPSA) is 75.8 Å². The average molecular weight is 953 g/mol. The average Bonchev–Trinajstić information content (AvgIpc) is 3.43. The minimum atomic E-state index is 0.0117. The summed E-state index contributed by atoms with van der Waals surface area (Å²) in [6.07, 6.45) is 8.59. The number of aromatic nitrogens is 3. The maximum Gasteiger partial charge on any atom is 0.0915 e. The molecule has 0 aliphatic carbocycles. The number of pyridine rings is 3. The number of aliphatic imine (C=N–C) groups is 3. The highest BCUT2D eigenvalue weighted by atomic mass is 14.8. The van der Waals surface area contributed by atoms with Gasteiger partial charge in [0.25, 0.3) is 0 Å². The Morgan fingerprint density at radius 3 is 1.05 bits per heavy atom. The van der Waals surface area contributed by atoms with Crippen LogP contribution in [-0.2, 0) is 0 Å². The molecule has 6 heteroatoms. The van der Waals surface area contributed by atoms with Crippen molar-refractivity contribution in [1.82, 2.24) is 15.0 Å². The van der Waals surface area contributed by atoms with Crippen LogP contribution in [0, 0.1) is 5.92 Å². The molecule has 0 aliphatic heterocycles. The lowest BCUT2D eigenvalue weighted by Crippen LogP contribution is -2.20. The summed E-state index contributed by atoms with van der Waals surface area (Å²) in [7, 11) is 0. The van der Waals surface area contributed by atoms with Crippen molar-refractivity contribution < 1.29 is 0 Å². The SMILES string of the molecule is C/C(=N/C(C)CC(CC(C)/N=C(/C)c1cnc(-c2ccccc2)cc1-c1ccccc1)CC(C)/N=C(/C)c1ncc(-c2ccccc2)cc1-c1ccccc1)c1cnc(-c2ccccc2)cc1-c1ccccc1. The molecule has 362 valence electrons. The van der Waals surface area contributed by atoms with Crippen LogP contribution in [0.25, 0.3) is 67.0 Å². The third-order valence-corrected chi connectivity index (χ3v) is 13.6. The molecule has 6 aromatic carbocycles. The number of hydrogen-bond donors (Lipinski definition) is 0.